The van der Waals surface area contributed by atoms with Crippen molar-refractivity contribution in [1.29, 1.82) is 0 Å². The molecule has 2 aliphatic rings. The molecule has 0 saturated carbocycles. The zero-order valence-electron chi connectivity index (χ0n) is 14.5. The highest BCUT2D eigenvalue weighted by molar-refractivity contribution is 5.81. The summed E-state index contributed by atoms with van der Waals surface area (Å²) < 4.78 is 5.48. The average Bonchev–Trinajstić information content (AvgIpc) is 2.98. The van der Waals surface area contributed by atoms with Crippen molar-refractivity contribution in [3.63, 3.8) is 0 Å². The van der Waals surface area contributed by atoms with E-state index in [2.05, 4.69) is 35.9 Å². The standard InChI is InChI=1S/C17H26N4O2/c1-17(2,3)14-7-8-15(19-18-14)21-10-12(11-21)20(4)16(22)13-6-5-9-23-13/h7-8,12-13H,5-6,9-11H2,1-4H3. The molecule has 1 unspecified atom stereocenters. The first kappa shape index (κ1) is 16.2. The fraction of sp³-hybridized carbons (Fsp3) is 0.706. The highest BCUT2D eigenvalue weighted by Crippen LogP contribution is 2.25. The Morgan fingerprint density at radius 3 is 2.57 bits per heavy atom. The molecule has 3 heterocycles. The van der Waals surface area contributed by atoms with Crippen LogP contribution in [-0.2, 0) is 14.9 Å². The van der Waals surface area contributed by atoms with Crippen LogP contribution in [0.2, 0.25) is 0 Å². The third-order valence-corrected chi connectivity index (χ3v) is 4.71. The molecule has 1 aromatic heterocycles. The van der Waals surface area contributed by atoms with Gasteiger partial charge < -0.3 is 14.5 Å². The molecule has 23 heavy (non-hydrogen) atoms. The third-order valence-electron chi connectivity index (χ3n) is 4.71. The van der Waals surface area contributed by atoms with E-state index >= 15 is 0 Å². The summed E-state index contributed by atoms with van der Waals surface area (Å²) in [5.74, 6) is 0.994. The van der Waals surface area contributed by atoms with Crippen molar-refractivity contribution in [3.8, 4) is 0 Å². The van der Waals surface area contributed by atoms with Gasteiger partial charge in [0.25, 0.3) is 5.91 Å². The predicted octanol–water partition coefficient (Wildman–Crippen LogP) is 1.60. The van der Waals surface area contributed by atoms with E-state index in [0.717, 1.165) is 37.4 Å². The number of likely N-dealkylation sites (N-methyl/N-ethyl adjacent to an activating group) is 1. The minimum Gasteiger partial charge on any atom is -0.368 e. The van der Waals surface area contributed by atoms with Crippen molar-refractivity contribution in [1.82, 2.24) is 15.1 Å². The van der Waals surface area contributed by atoms with E-state index in [4.69, 9.17) is 4.74 Å². The number of carbonyl (C=O) groups excluding carboxylic acids is 1. The summed E-state index contributed by atoms with van der Waals surface area (Å²) in [5.41, 5.74) is 1.00. The molecule has 0 radical (unpaired) electrons. The Kier molecular flexibility index (Phi) is 4.27. The zero-order chi connectivity index (χ0) is 16.6. The fourth-order valence-corrected chi connectivity index (χ4v) is 2.96. The first-order valence-electron chi connectivity index (χ1n) is 8.33. The summed E-state index contributed by atoms with van der Waals surface area (Å²) in [6.07, 6.45) is 1.59. The van der Waals surface area contributed by atoms with E-state index in [0.29, 0.717) is 6.61 Å². The zero-order valence-corrected chi connectivity index (χ0v) is 14.5. The number of anilines is 1. The lowest BCUT2D eigenvalue weighted by Gasteiger charge is -2.44. The van der Waals surface area contributed by atoms with Gasteiger partial charge in [-0.05, 0) is 25.0 Å². The van der Waals surface area contributed by atoms with E-state index in [1.807, 2.05) is 24.1 Å². The van der Waals surface area contributed by atoms with E-state index in [1.165, 1.54) is 0 Å². The molecule has 0 spiro atoms. The molecule has 6 heteroatoms. The largest absolute Gasteiger partial charge is 0.368 e. The number of hydrogen-bond donors (Lipinski definition) is 0. The summed E-state index contributed by atoms with van der Waals surface area (Å²) in [5, 5.41) is 8.66. The highest BCUT2D eigenvalue weighted by Gasteiger charge is 2.37. The van der Waals surface area contributed by atoms with Gasteiger partial charge in [-0.25, -0.2) is 0 Å². The summed E-state index contributed by atoms with van der Waals surface area (Å²) in [6, 6.07) is 4.29. The van der Waals surface area contributed by atoms with E-state index in [-0.39, 0.29) is 23.5 Å². The average molecular weight is 318 g/mol. The molecule has 0 N–H and O–H groups in total. The normalized spacial score (nSPS) is 22.1. The van der Waals surface area contributed by atoms with Crippen molar-refractivity contribution in [2.75, 3.05) is 31.6 Å². The van der Waals surface area contributed by atoms with Crippen molar-refractivity contribution < 1.29 is 9.53 Å². The van der Waals surface area contributed by atoms with Gasteiger partial charge in [-0.15, -0.1) is 5.10 Å². The first-order valence-corrected chi connectivity index (χ1v) is 8.33. The Morgan fingerprint density at radius 1 is 1.30 bits per heavy atom. The van der Waals surface area contributed by atoms with Gasteiger partial charge in [0.05, 0.1) is 11.7 Å². The Balaban J connectivity index is 1.55. The van der Waals surface area contributed by atoms with Crippen LogP contribution in [0.1, 0.15) is 39.3 Å². The van der Waals surface area contributed by atoms with Crippen LogP contribution in [0.25, 0.3) is 0 Å². The molecule has 0 aliphatic carbocycles. The lowest BCUT2D eigenvalue weighted by atomic mass is 9.92. The maximum absolute atomic E-state index is 12.3. The van der Waals surface area contributed by atoms with Crippen LogP contribution in [0.3, 0.4) is 0 Å². The van der Waals surface area contributed by atoms with E-state index in [9.17, 15) is 4.79 Å². The predicted molar refractivity (Wildman–Crippen MR) is 88.5 cm³/mol. The van der Waals surface area contributed by atoms with Gasteiger partial charge in [0.2, 0.25) is 0 Å². The van der Waals surface area contributed by atoms with Crippen molar-refractivity contribution in [3.05, 3.63) is 17.8 Å². The molecule has 1 amide bonds. The van der Waals surface area contributed by atoms with Gasteiger partial charge in [-0.1, -0.05) is 20.8 Å². The van der Waals surface area contributed by atoms with Crippen LogP contribution in [0.15, 0.2) is 12.1 Å². The second-order valence-corrected chi connectivity index (χ2v) is 7.54. The van der Waals surface area contributed by atoms with Crippen LogP contribution in [0, 0.1) is 0 Å². The Bertz CT molecular complexity index is 555. The maximum atomic E-state index is 12.3. The molecule has 6 nitrogen and oxygen atoms in total. The van der Waals surface area contributed by atoms with E-state index < -0.39 is 0 Å². The molecule has 2 saturated heterocycles. The fourth-order valence-electron chi connectivity index (χ4n) is 2.96. The lowest BCUT2D eigenvalue weighted by molar-refractivity contribution is -0.142. The Morgan fingerprint density at radius 2 is 2.04 bits per heavy atom. The minimum absolute atomic E-state index is 0.0108. The monoisotopic (exact) mass is 318 g/mol. The lowest BCUT2D eigenvalue weighted by Crippen LogP contribution is -2.61. The van der Waals surface area contributed by atoms with Crippen LogP contribution >= 0.6 is 0 Å². The SMILES string of the molecule is CN(C(=O)C1CCCO1)C1CN(c2ccc(C(C)(C)C)nn2)C1. The maximum Gasteiger partial charge on any atom is 0.251 e. The summed E-state index contributed by atoms with van der Waals surface area (Å²) >= 11 is 0. The third kappa shape index (κ3) is 3.32. The molecule has 1 aromatic rings. The molecule has 0 bridgehead atoms. The molecular formula is C17H26N4O2. The second kappa shape index (κ2) is 6.07. The molecule has 126 valence electrons. The summed E-state index contributed by atoms with van der Waals surface area (Å²) in [4.78, 5) is 16.3. The van der Waals surface area contributed by atoms with Crippen LogP contribution in [-0.4, -0.2) is 59.9 Å². The molecular weight excluding hydrogens is 292 g/mol. The quantitative estimate of drug-likeness (QED) is 0.847. The molecule has 2 aliphatic heterocycles. The summed E-state index contributed by atoms with van der Waals surface area (Å²) in [7, 11) is 1.88. The number of carbonyl (C=O) groups is 1. The molecule has 0 aromatic carbocycles. The number of rotatable bonds is 3. The van der Waals surface area contributed by atoms with Crippen LogP contribution in [0.4, 0.5) is 5.82 Å². The number of hydrogen-bond acceptors (Lipinski definition) is 5. The van der Waals surface area contributed by atoms with Gasteiger partial charge in [0.15, 0.2) is 5.82 Å². The van der Waals surface area contributed by atoms with Gasteiger partial charge in [0.1, 0.15) is 6.10 Å². The van der Waals surface area contributed by atoms with Gasteiger partial charge in [-0.3, -0.25) is 4.79 Å². The van der Waals surface area contributed by atoms with Crippen molar-refractivity contribution in [2.24, 2.45) is 0 Å². The second-order valence-electron chi connectivity index (χ2n) is 7.54. The Labute approximate surface area is 137 Å². The van der Waals surface area contributed by atoms with Gasteiger partial charge >= 0.3 is 0 Å². The van der Waals surface area contributed by atoms with Gasteiger partial charge in [0, 0.05) is 32.2 Å². The molecule has 3 rings (SSSR count). The van der Waals surface area contributed by atoms with Crippen molar-refractivity contribution in [2.45, 2.75) is 51.2 Å². The topological polar surface area (TPSA) is 58.6 Å². The van der Waals surface area contributed by atoms with Crippen molar-refractivity contribution >= 4 is 11.7 Å². The molecule has 1 atom stereocenters. The highest BCUT2D eigenvalue weighted by atomic mass is 16.5. The molecule has 2 fully saturated rings. The van der Waals surface area contributed by atoms with Crippen LogP contribution in [0.5, 0.6) is 0 Å². The number of ether oxygens (including phenoxy) is 1. The van der Waals surface area contributed by atoms with Gasteiger partial charge in [-0.2, -0.15) is 5.10 Å². The number of nitrogens with zero attached hydrogens (tertiary/aromatic N) is 4. The smallest absolute Gasteiger partial charge is 0.251 e. The Hall–Kier alpha value is -1.69. The van der Waals surface area contributed by atoms with Crippen LogP contribution < -0.4 is 4.90 Å². The number of amides is 1. The summed E-state index contributed by atoms with van der Waals surface area (Å²) in [6.45, 7) is 8.69. The van der Waals surface area contributed by atoms with E-state index in [1.54, 1.807) is 0 Å². The number of aromatic nitrogens is 2. The first-order chi connectivity index (χ1) is 10.9. The minimum atomic E-state index is -0.236.